The number of Topliss-reactive ketones (excluding diaryl/α,β-unsaturated/α-hetero) is 1. The van der Waals surface area contributed by atoms with Gasteiger partial charge in [0, 0.05) is 32.0 Å². The molecule has 0 aliphatic carbocycles. The fourth-order valence-corrected chi connectivity index (χ4v) is 3.19. The molecule has 0 saturated heterocycles. The third-order valence-corrected chi connectivity index (χ3v) is 4.46. The monoisotopic (exact) mass is 346 g/mol. The van der Waals surface area contributed by atoms with Gasteiger partial charge in [-0.05, 0) is 13.3 Å². The second-order valence-corrected chi connectivity index (χ2v) is 6.25. The molecule has 0 radical (unpaired) electrons. The van der Waals surface area contributed by atoms with Crippen LogP contribution in [0.3, 0.4) is 0 Å². The molecule has 0 aliphatic heterocycles. The minimum absolute atomic E-state index is 0.0253. The largest absolute Gasteiger partial charge is 0.356 e. The molecule has 24 heavy (non-hydrogen) atoms. The highest BCUT2D eigenvalue weighted by molar-refractivity contribution is 7.99. The van der Waals surface area contributed by atoms with Crippen molar-refractivity contribution in [3.05, 3.63) is 41.7 Å². The molecule has 1 aromatic carbocycles. The van der Waals surface area contributed by atoms with E-state index in [1.807, 2.05) is 41.8 Å². The van der Waals surface area contributed by atoms with E-state index in [2.05, 4.69) is 15.5 Å². The van der Waals surface area contributed by atoms with E-state index in [9.17, 15) is 9.59 Å². The van der Waals surface area contributed by atoms with Gasteiger partial charge in [-0.1, -0.05) is 42.1 Å². The molecule has 0 saturated carbocycles. The van der Waals surface area contributed by atoms with E-state index in [4.69, 9.17) is 0 Å². The molecule has 0 unspecified atom stereocenters. The topological polar surface area (TPSA) is 76.9 Å². The van der Waals surface area contributed by atoms with Crippen LogP contribution in [0.1, 0.15) is 36.5 Å². The lowest BCUT2D eigenvalue weighted by molar-refractivity contribution is -0.118. The van der Waals surface area contributed by atoms with Crippen LogP contribution >= 0.6 is 11.8 Å². The minimum atomic E-state index is -0.0253. The Balaban J connectivity index is 1.91. The Hall–Kier alpha value is -2.15. The summed E-state index contributed by atoms with van der Waals surface area (Å²) in [5.74, 6) is 1.28. The Bertz CT molecular complexity index is 685. The molecule has 0 atom stereocenters. The van der Waals surface area contributed by atoms with Gasteiger partial charge in [0.1, 0.15) is 5.82 Å². The number of ketones is 1. The summed E-state index contributed by atoms with van der Waals surface area (Å²) in [6, 6.07) is 9.26. The average molecular weight is 346 g/mol. The van der Waals surface area contributed by atoms with Crippen molar-refractivity contribution in [2.75, 3.05) is 12.3 Å². The molecule has 1 heterocycles. The molecule has 2 rings (SSSR count). The summed E-state index contributed by atoms with van der Waals surface area (Å²) in [5.41, 5.74) is 0.711. The van der Waals surface area contributed by atoms with Crippen molar-refractivity contribution in [1.82, 2.24) is 20.1 Å². The highest BCUT2D eigenvalue weighted by atomic mass is 32.2. The zero-order valence-electron chi connectivity index (χ0n) is 14.0. The number of aryl methyl sites for hydroxylation is 1. The first-order chi connectivity index (χ1) is 11.6. The van der Waals surface area contributed by atoms with Gasteiger partial charge in [-0.2, -0.15) is 0 Å². The predicted octanol–water partition coefficient (Wildman–Crippen LogP) is 2.34. The first kappa shape index (κ1) is 18.2. The molecule has 1 amide bonds. The molecule has 128 valence electrons. The van der Waals surface area contributed by atoms with Crippen LogP contribution in [0, 0.1) is 0 Å². The zero-order chi connectivity index (χ0) is 17.4. The van der Waals surface area contributed by atoms with Crippen LogP contribution in [-0.2, 0) is 17.8 Å². The van der Waals surface area contributed by atoms with Crippen LogP contribution in [0.25, 0.3) is 0 Å². The number of amides is 1. The molecule has 1 N–H and O–H groups in total. The molecule has 0 spiro atoms. The SMILES string of the molecule is CCn1c(CCCNC(C)=O)nnc1SCC(=O)c1ccccc1. The smallest absolute Gasteiger partial charge is 0.216 e. The van der Waals surface area contributed by atoms with Crippen molar-refractivity contribution in [3.8, 4) is 0 Å². The zero-order valence-corrected chi connectivity index (χ0v) is 14.8. The maximum atomic E-state index is 12.2. The highest BCUT2D eigenvalue weighted by Crippen LogP contribution is 2.19. The average Bonchev–Trinajstić information content (AvgIpc) is 2.99. The molecular weight excluding hydrogens is 324 g/mol. The lowest BCUT2D eigenvalue weighted by Crippen LogP contribution is -2.21. The number of nitrogens with one attached hydrogen (secondary N) is 1. The van der Waals surface area contributed by atoms with E-state index in [1.165, 1.54) is 18.7 Å². The van der Waals surface area contributed by atoms with E-state index in [0.717, 1.165) is 30.4 Å². The van der Waals surface area contributed by atoms with Crippen molar-refractivity contribution in [3.63, 3.8) is 0 Å². The summed E-state index contributed by atoms with van der Waals surface area (Å²) in [6.07, 6.45) is 1.56. The highest BCUT2D eigenvalue weighted by Gasteiger charge is 2.13. The lowest BCUT2D eigenvalue weighted by Gasteiger charge is -2.07. The summed E-state index contributed by atoms with van der Waals surface area (Å²) >= 11 is 1.41. The van der Waals surface area contributed by atoms with Crippen LogP contribution in [-0.4, -0.2) is 38.8 Å². The molecule has 0 bridgehead atoms. The normalized spacial score (nSPS) is 10.6. The molecule has 7 heteroatoms. The van der Waals surface area contributed by atoms with Gasteiger partial charge in [0.2, 0.25) is 5.91 Å². The standard InChI is InChI=1S/C17H22N4O2S/c1-3-21-16(10-7-11-18-13(2)22)19-20-17(21)24-12-15(23)14-8-5-4-6-9-14/h4-6,8-9H,3,7,10-12H2,1-2H3,(H,18,22). The molecule has 2 aromatic rings. The first-order valence-electron chi connectivity index (χ1n) is 7.99. The van der Waals surface area contributed by atoms with Gasteiger partial charge < -0.3 is 9.88 Å². The quantitative estimate of drug-likeness (QED) is 0.428. The van der Waals surface area contributed by atoms with Gasteiger partial charge >= 0.3 is 0 Å². The van der Waals surface area contributed by atoms with Gasteiger partial charge in [0.05, 0.1) is 5.75 Å². The Kier molecular flexibility index (Phi) is 6.99. The van der Waals surface area contributed by atoms with Crippen LogP contribution in [0.5, 0.6) is 0 Å². The van der Waals surface area contributed by atoms with E-state index in [1.54, 1.807) is 0 Å². The number of aromatic nitrogens is 3. The van der Waals surface area contributed by atoms with Gasteiger partial charge in [0.15, 0.2) is 10.9 Å². The summed E-state index contributed by atoms with van der Waals surface area (Å²) < 4.78 is 2.02. The van der Waals surface area contributed by atoms with Crippen molar-refractivity contribution < 1.29 is 9.59 Å². The molecule has 0 fully saturated rings. The Labute approximate surface area is 146 Å². The minimum Gasteiger partial charge on any atom is -0.356 e. The second-order valence-electron chi connectivity index (χ2n) is 5.31. The summed E-state index contributed by atoms with van der Waals surface area (Å²) in [6.45, 7) is 4.92. The van der Waals surface area contributed by atoms with Crippen LogP contribution in [0.4, 0.5) is 0 Å². The number of carbonyl (C=O) groups excluding carboxylic acids is 2. The first-order valence-corrected chi connectivity index (χ1v) is 8.98. The van der Waals surface area contributed by atoms with Crippen molar-refractivity contribution in [2.24, 2.45) is 0 Å². The van der Waals surface area contributed by atoms with Crippen LogP contribution < -0.4 is 5.32 Å². The number of thioether (sulfide) groups is 1. The Morgan fingerprint density at radius 2 is 1.96 bits per heavy atom. The number of hydrogen-bond acceptors (Lipinski definition) is 5. The Morgan fingerprint density at radius 3 is 2.62 bits per heavy atom. The van der Waals surface area contributed by atoms with Gasteiger partial charge in [-0.25, -0.2) is 0 Å². The molecule has 6 nitrogen and oxygen atoms in total. The number of nitrogens with zero attached hydrogens (tertiary/aromatic N) is 3. The van der Waals surface area contributed by atoms with Crippen LogP contribution in [0.2, 0.25) is 0 Å². The summed E-state index contributed by atoms with van der Waals surface area (Å²) in [7, 11) is 0. The summed E-state index contributed by atoms with van der Waals surface area (Å²) in [4.78, 5) is 23.0. The number of benzene rings is 1. The predicted molar refractivity (Wildman–Crippen MR) is 94.2 cm³/mol. The molecule has 1 aromatic heterocycles. The van der Waals surface area contributed by atoms with Crippen molar-refractivity contribution in [1.29, 1.82) is 0 Å². The van der Waals surface area contributed by atoms with E-state index < -0.39 is 0 Å². The van der Waals surface area contributed by atoms with Crippen LogP contribution in [0.15, 0.2) is 35.5 Å². The fraction of sp³-hybridized carbons (Fsp3) is 0.412. The van der Waals surface area contributed by atoms with E-state index in [0.29, 0.717) is 17.9 Å². The number of carbonyl (C=O) groups is 2. The van der Waals surface area contributed by atoms with Crippen molar-refractivity contribution >= 4 is 23.5 Å². The lowest BCUT2D eigenvalue weighted by atomic mass is 10.2. The van der Waals surface area contributed by atoms with Crippen molar-refractivity contribution in [2.45, 2.75) is 38.4 Å². The van der Waals surface area contributed by atoms with Gasteiger partial charge in [-0.15, -0.1) is 10.2 Å². The molecule has 0 aliphatic rings. The number of hydrogen-bond donors (Lipinski definition) is 1. The maximum Gasteiger partial charge on any atom is 0.216 e. The number of rotatable bonds is 9. The molecular formula is C17H22N4O2S. The second kappa shape index (κ2) is 9.22. The summed E-state index contributed by atoms with van der Waals surface area (Å²) in [5, 5.41) is 12.0. The van der Waals surface area contributed by atoms with Gasteiger partial charge in [-0.3, -0.25) is 9.59 Å². The fourth-order valence-electron chi connectivity index (χ4n) is 2.28. The third kappa shape index (κ3) is 5.19. The van der Waals surface area contributed by atoms with Gasteiger partial charge in [0.25, 0.3) is 0 Å². The Morgan fingerprint density at radius 1 is 1.21 bits per heavy atom. The van der Waals surface area contributed by atoms with E-state index >= 15 is 0 Å². The third-order valence-electron chi connectivity index (χ3n) is 3.49. The maximum absolute atomic E-state index is 12.2. The van der Waals surface area contributed by atoms with E-state index in [-0.39, 0.29) is 11.7 Å².